The van der Waals surface area contributed by atoms with Crippen LogP contribution in [-0.4, -0.2) is 44.5 Å². The maximum absolute atomic E-state index is 8.47. The van der Waals surface area contributed by atoms with Gasteiger partial charge in [0.25, 0.3) is 0 Å². The second kappa shape index (κ2) is 8.61. The molecule has 0 spiro atoms. The molecule has 0 heterocycles. The van der Waals surface area contributed by atoms with Crippen molar-refractivity contribution in [2.45, 2.75) is 25.9 Å². The van der Waals surface area contributed by atoms with Gasteiger partial charge in [0, 0.05) is 6.54 Å². The van der Waals surface area contributed by atoms with Gasteiger partial charge in [-0.1, -0.05) is 0 Å². The van der Waals surface area contributed by atoms with Crippen LogP contribution >= 0.6 is 0 Å². The Morgan fingerprint density at radius 1 is 1.31 bits per heavy atom. The smallest absolute Gasteiger partial charge is 0.186 e. The summed E-state index contributed by atoms with van der Waals surface area (Å²) in [4.78, 5) is 0. The van der Waals surface area contributed by atoms with Crippen molar-refractivity contribution >= 4 is 8.32 Å². The van der Waals surface area contributed by atoms with Gasteiger partial charge >= 0.3 is 0 Å². The molecule has 0 radical (unpaired) electrons. The lowest BCUT2D eigenvalue weighted by atomic mass is 10.7. The van der Waals surface area contributed by atoms with Crippen LogP contribution in [0.25, 0.3) is 0 Å². The van der Waals surface area contributed by atoms with E-state index in [1.165, 1.54) is 0 Å². The van der Waals surface area contributed by atoms with E-state index in [1.807, 2.05) is 19.6 Å². The van der Waals surface area contributed by atoms with Gasteiger partial charge < -0.3 is 26.1 Å². The predicted octanol–water partition coefficient (Wildman–Crippen LogP) is -0.948. The van der Waals surface area contributed by atoms with Crippen molar-refractivity contribution in [3.05, 3.63) is 0 Å². The minimum atomic E-state index is -1.53. The van der Waals surface area contributed by atoms with Crippen LogP contribution < -0.4 is 11.5 Å². The van der Waals surface area contributed by atoms with Gasteiger partial charge in [-0.2, -0.15) is 0 Å². The molecule has 1 unspecified atom stereocenters. The fourth-order valence-electron chi connectivity index (χ4n) is 0.491. The third-order valence-corrected chi connectivity index (χ3v) is 1.82. The molecular weight excluding hydrogens is 188 g/mol. The highest BCUT2D eigenvalue weighted by Crippen LogP contribution is 2.03. The van der Waals surface area contributed by atoms with E-state index >= 15 is 0 Å². The molecule has 0 fully saturated rings. The van der Waals surface area contributed by atoms with Crippen molar-refractivity contribution in [1.29, 1.82) is 0 Å². The Morgan fingerprint density at radius 3 is 1.77 bits per heavy atom. The van der Waals surface area contributed by atoms with E-state index in [1.54, 1.807) is 0 Å². The standard InChI is InChI=1S/C5H15NO2Si.C2H7NO/c1-9(2,3)8-5(6)4-7;3-1-2-4/h5,7H,4,6H2,1-3H3;4H,1-3H2. The van der Waals surface area contributed by atoms with Gasteiger partial charge in [0.05, 0.1) is 13.2 Å². The number of hydrogen-bond acceptors (Lipinski definition) is 5. The summed E-state index contributed by atoms with van der Waals surface area (Å²) >= 11 is 0. The molecule has 13 heavy (non-hydrogen) atoms. The van der Waals surface area contributed by atoms with E-state index in [9.17, 15) is 0 Å². The summed E-state index contributed by atoms with van der Waals surface area (Å²) in [6.07, 6.45) is -0.489. The van der Waals surface area contributed by atoms with Gasteiger partial charge in [0.1, 0.15) is 6.23 Å². The molecule has 0 aromatic heterocycles. The van der Waals surface area contributed by atoms with Crippen molar-refractivity contribution in [2.75, 3.05) is 19.8 Å². The van der Waals surface area contributed by atoms with Crippen LogP contribution in [-0.2, 0) is 4.43 Å². The van der Waals surface area contributed by atoms with Crippen molar-refractivity contribution in [1.82, 2.24) is 0 Å². The maximum atomic E-state index is 8.47. The number of rotatable bonds is 4. The molecule has 0 aliphatic carbocycles. The van der Waals surface area contributed by atoms with E-state index in [2.05, 4.69) is 0 Å². The summed E-state index contributed by atoms with van der Waals surface area (Å²) < 4.78 is 5.25. The number of aliphatic hydroxyl groups excluding tert-OH is 2. The molecule has 5 nitrogen and oxygen atoms in total. The molecule has 0 amide bonds. The molecule has 0 saturated carbocycles. The maximum Gasteiger partial charge on any atom is 0.186 e. The van der Waals surface area contributed by atoms with E-state index < -0.39 is 14.5 Å². The molecule has 1 atom stereocenters. The van der Waals surface area contributed by atoms with E-state index in [-0.39, 0.29) is 13.2 Å². The van der Waals surface area contributed by atoms with Gasteiger partial charge in [0.2, 0.25) is 0 Å². The third-order valence-electron chi connectivity index (χ3n) is 0.814. The Morgan fingerprint density at radius 2 is 1.69 bits per heavy atom. The van der Waals surface area contributed by atoms with Crippen molar-refractivity contribution in [3.8, 4) is 0 Å². The predicted molar refractivity (Wildman–Crippen MR) is 55.6 cm³/mol. The summed E-state index contributed by atoms with van der Waals surface area (Å²) in [5, 5.41) is 16.2. The topological polar surface area (TPSA) is 102 Å². The van der Waals surface area contributed by atoms with Crippen LogP contribution in [0.3, 0.4) is 0 Å². The summed E-state index contributed by atoms with van der Waals surface area (Å²) in [6, 6.07) is 0. The average molecular weight is 210 g/mol. The Hall–Kier alpha value is 0.0169. The highest BCUT2D eigenvalue weighted by Gasteiger charge is 2.17. The molecule has 0 rings (SSSR count). The Balaban J connectivity index is 0. The molecule has 0 aromatic rings. The fraction of sp³-hybridized carbons (Fsp3) is 1.00. The normalized spacial score (nSPS) is 13.2. The summed E-state index contributed by atoms with van der Waals surface area (Å²) in [5.74, 6) is 0. The summed E-state index contributed by atoms with van der Waals surface area (Å²) in [7, 11) is -1.53. The zero-order valence-electron chi connectivity index (χ0n) is 8.66. The quantitative estimate of drug-likeness (QED) is 0.354. The van der Waals surface area contributed by atoms with Gasteiger partial charge in [0.15, 0.2) is 8.32 Å². The van der Waals surface area contributed by atoms with E-state index in [0.717, 1.165) is 0 Å². The molecule has 6 heteroatoms. The largest absolute Gasteiger partial charge is 0.400 e. The molecule has 0 bridgehead atoms. The first-order valence-electron chi connectivity index (χ1n) is 4.22. The Kier molecular flexibility index (Phi) is 10.3. The summed E-state index contributed by atoms with van der Waals surface area (Å²) in [6.45, 7) is 6.47. The SMILES string of the molecule is C[Si](C)(C)OC(N)CO.NCCO. The van der Waals surface area contributed by atoms with Crippen LogP contribution in [0, 0.1) is 0 Å². The first-order chi connectivity index (χ1) is 5.87. The highest BCUT2D eigenvalue weighted by molar-refractivity contribution is 6.69. The lowest BCUT2D eigenvalue weighted by Gasteiger charge is -2.21. The first kappa shape index (κ1) is 15.5. The van der Waals surface area contributed by atoms with Crippen LogP contribution in [0.2, 0.25) is 19.6 Å². The average Bonchev–Trinajstić information content (AvgIpc) is 2.02. The van der Waals surface area contributed by atoms with Gasteiger partial charge in [-0.05, 0) is 19.6 Å². The fourth-order valence-corrected chi connectivity index (χ4v) is 1.47. The van der Waals surface area contributed by atoms with Crippen molar-refractivity contribution in [2.24, 2.45) is 11.5 Å². The second-order valence-electron chi connectivity index (χ2n) is 3.46. The summed E-state index contributed by atoms with van der Waals surface area (Å²) in [5.41, 5.74) is 10.1. The minimum absolute atomic E-state index is 0.0930. The zero-order chi connectivity index (χ0) is 10.9. The third kappa shape index (κ3) is 18.8. The number of hydrogen-bond donors (Lipinski definition) is 4. The van der Waals surface area contributed by atoms with Gasteiger partial charge in [-0.3, -0.25) is 0 Å². The number of nitrogens with two attached hydrogens (primary N) is 2. The lowest BCUT2D eigenvalue weighted by molar-refractivity contribution is 0.115. The van der Waals surface area contributed by atoms with Gasteiger partial charge in [-0.25, -0.2) is 0 Å². The van der Waals surface area contributed by atoms with Crippen molar-refractivity contribution in [3.63, 3.8) is 0 Å². The van der Waals surface area contributed by atoms with Crippen LogP contribution in [0.4, 0.5) is 0 Å². The molecule has 0 aliphatic rings. The Labute approximate surface area is 80.8 Å². The van der Waals surface area contributed by atoms with Crippen molar-refractivity contribution < 1.29 is 14.6 Å². The second-order valence-corrected chi connectivity index (χ2v) is 7.92. The first-order valence-corrected chi connectivity index (χ1v) is 7.63. The molecule has 82 valence electrons. The lowest BCUT2D eigenvalue weighted by Crippen LogP contribution is -2.39. The monoisotopic (exact) mass is 210 g/mol. The molecule has 0 aromatic carbocycles. The highest BCUT2D eigenvalue weighted by atomic mass is 28.4. The van der Waals surface area contributed by atoms with Gasteiger partial charge in [-0.15, -0.1) is 0 Å². The van der Waals surface area contributed by atoms with Crippen LogP contribution in [0.1, 0.15) is 0 Å². The molecule has 6 N–H and O–H groups in total. The minimum Gasteiger partial charge on any atom is -0.400 e. The molecule has 0 saturated heterocycles. The van der Waals surface area contributed by atoms with Crippen LogP contribution in [0.5, 0.6) is 0 Å². The molecular formula is C7H22N2O3Si. The Bertz CT molecular complexity index is 106. The van der Waals surface area contributed by atoms with E-state index in [4.69, 9.17) is 26.1 Å². The number of aliphatic hydroxyl groups is 2. The van der Waals surface area contributed by atoms with Crippen LogP contribution in [0.15, 0.2) is 0 Å². The van der Waals surface area contributed by atoms with E-state index in [0.29, 0.717) is 6.54 Å². The zero-order valence-corrected chi connectivity index (χ0v) is 9.66. The molecule has 0 aliphatic heterocycles.